The van der Waals surface area contributed by atoms with Crippen LogP contribution in [0.2, 0.25) is 0 Å². The predicted octanol–water partition coefficient (Wildman–Crippen LogP) is 3.12. The van der Waals surface area contributed by atoms with Crippen molar-refractivity contribution in [3.63, 3.8) is 0 Å². The number of piperidine rings is 1. The zero-order valence-electron chi connectivity index (χ0n) is 14.9. The summed E-state index contributed by atoms with van der Waals surface area (Å²) in [5.41, 5.74) is 5.69. The van der Waals surface area contributed by atoms with Gasteiger partial charge in [-0.15, -0.1) is 24.8 Å². The van der Waals surface area contributed by atoms with Crippen LogP contribution in [0.1, 0.15) is 65.7 Å². The van der Waals surface area contributed by atoms with Crippen molar-refractivity contribution < 1.29 is 4.79 Å². The van der Waals surface area contributed by atoms with Gasteiger partial charge >= 0.3 is 0 Å². The lowest BCUT2D eigenvalue weighted by Crippen LogP contribution is -2.60. The molecule has 0 aromatic carbocycles. The van der Waals surface area contributed by atoms with Crippen LogP contribution >= 0.6 is 24.8 Å². The van der Waals surface area contributed by atoms with Crippen molar-refractivity contribution >= 4 is 30.7 Å². The van der Waals surface area contributed by atoms with Gasteiger partial charge in [0.25, 0.3) is 0 Å². The monoisotopic (exact) mass is 367 g/mol. The molecule has 138 valence electrons. The van der Waals surface area contributed by atoms with Gasteiger partial charge in [0.15, 0.2) is 0 Å². The van der Waals surface area contributed by atoms with Crippen LogP contribution in [0.25, 0.3) is 0 Å². The van der Waals surface area contributed by atoms with E-state index in [1.807, 2.05) is 0 Å². The summed E-state index contributed by atoms with van der Waals surface area (Å²) in [5.74, 6) is 0.813. The number of carbonyl (C=O) groups is 1. The van der Waals surface area contributed by atoms with Crippen molar-refractivity contribution in [2.45, 2.75) is 76.8 Å². The van der Waals surface area contributed by atoms with E-state index in [1.54, 1.807) is 0 Å². The first kappa shape index (κ1) is 23.0. The highest BCUT2D eigenvalue weighted by Crippen LogP contribution is 2.27. The van der Waals surface area contributed by atoms with Gasteiger partial charge in [-0.25, -0.2) is 0 Å². The van der Waals surface area contributed by atoms with E-state index in [1.165, 1.54) is 19.3 Å². The molecule has 1 atom stereocenters. The summed E-state index contributed by atoms with van der Waals surface area (Å²) in [7, 11) is 0. The number of nitrogens with two attached hydrogens (primary N) is 1. The molecule has 1 heterocycles. The Kier molecular flexibility index (Phi) is 9.44. The van der Waals surface area contributed by atoms with Crippen molar-refractivity contribution in [3.8, 4) is 0 Å². The molecule has 2 aliphatic rings. The molecule has 4 nitrogen and oxygen atoms in total. The lowest BCUT2D eigenvalue weighted by Gasteiger charge is -2.43. The standard InChI is InChI=1S/C17H33N3O.2ClH/c1-14-8-7-11-20(12-14)16(2,3)13-19-15(21)17(18)9-5-4-6-10-17;;/h14H,4-13,18H2,1-3H3,(H,19,21);2*1H. The second kappa shape index (κ2) is 9.45. The van der Waals surface area contributed by atoms with Gasteiger partial charge in [0.05, 0.1) is 5.54 Å². The third-order valence-corrected chi connectivity index (χ3v) is 5.39. The van der Waals surface area contributed by atoms with Crippen LogP contribution in [0.15, 0.2) is 0 Å². The zero-order valence-corrected chi connectivity index (χ0v) is 16.5. The molecule has 0 radical (unpaired) electrons. The zero-order chi connectivity index (χ0) is 15.5. The Balaban J connectivity index is 0.00000242. The van der Waals surface area contributed by atoms with Gasteiger partial charge in [-0.2, -0.15) is 0 Å². The Morgan fingerprint density at radius 3 is 2.39 bits per heavy atom. The second-order valence-corrected chi connectivity index (χ2v) is 7.91. The van der Waals surface area contributed by atoms with Gasteiger partial charge in [-0.1, -0.05) is 26.2 Å². The number of rotatable bonds is 4. The van der Waals surface area contributed by atoms with Crippen LogP contribution in [0, 0.1) is 5.92 Å². The molecule has 1 saturated heterocycles. The highest BCUT2D eigenvalue weighted by Gasteiger charge is 2.37. The van der Waals surface area contributed by atoms with E-state index in [9.17, 15) is 4.79 Å². The fraction of sp³-hybridized carbons (Fsp3) is 0.941. The number of hydrogen-bond donors (Lipinski definition) is 2. The van der Waals surface area contributed by atoms with Gasteiger partial charge in [-0.05, 0) is 52.0 Å². The van der Waals surface area contributed by atoms with Crippen LogP contribution in [-0.4, -0.2) is 41.5 Å². The summed E-state index contributed by atoms with van der Waals surface area (Å²) in [4.78, 5) is 15.0. The maximum Gasteiger partial charge on any atom is 0.240 e. The third-order valence-electron chi connectivity index (χ3n) is 5.39. The molecule has 1 saturated carbocycles. The van der Waals surface area contributed by atoms with E-state index in [0.29, 0.717) is 6.54 Å². The predicted molar refractivity (Wildman–Crippen MR) is 102 cm³/mol. The quantitative estimate of drug-likeness (QED) is 0.802. The first-order valence-corrected chi connectivity index (χ1v) is 8.66. The molecular formula is C17H35Cl2N3O. The lowest BCUT2D eigenvalue weighted by molar-refractivity contribution is -0.128. The fourth-order valence-electron chi connectivity index (χ4n) is 3.73. The van der Waals surface area contributed by atoms with Gasteiger partial charge in [-0.3, -0.25) is 9.69 Å². The first-order chi connectivity index (χ1) is 9.83. The summed E-state index contributed by atoms with van der Waals surface area (Å²) in [6, 6.07) is 0. The Morgan fingerprint density at radius 2 is 1.83 bits per heavy atom. The van der Waals surface area contributed by atoms with E-state index in [0.717, 1.165) is 44.7 Å². The summed E-state index contributed by atoms with van der Waals surface area (Å²) < 4.78 is 0. The summed E-state index contributed by atoms with van der Waals surface area (Å²) in [6.45, 7) is 9.75. The van der Waals surface area contributed by atoms with E-state index < -0.39 is 5.54 Å². The summed E-state index contributed by atoms with van der Waals surface area (Å²) in [5, 5.41) is 3.14. The highest BCUT2D eigenvalue weighted by molar-refractivity contribution is 5.86. The van der Waals surface area contributed by atoms with Gasteiger partial charge in [0.2, 0.25) is 5.91 Å². The molecule has 1 amide bonds. The normalized spacial score (nSPS) is 25.0. The lowest BCUT2D eigenvalue weighted by atomic mass is 9.81. The smallest absolute Gasteiger partial charge is 0.240 e. The van der Waals surface area contributed by atoms with Crippen molar-refractivity contribution in [3.05, 3.63) is 0 Å². The molecule has 2 rings (SSSR count). The van der Waals surface area contributed by atoms with Crippen molar-refractivity contribution in [1.29, 1.82) is 0 Å². The average Bonchev–Trinajstić information content (AvgIpc) is 2.45. The molecule has 0 spiro atoms. The fourth-order valence-corrected chi connectivity index (χ4v) is 3.73. The maximum absolute atomic E-state index is 12.5. The molecule has 23 heavy (non-hydrogen) atoms. The summed E-state index contributed by atoms with van der Waals surface area (Å²) >= 11 is 0. The van der Waals surface area contributed by atoms with Crippen molar-refractivity contribution in [2.24, 2.45) is 11.7 Å². The number of nitrogens with zero attached hydrogens (tertiary/aromatic N) is 1. The Labute approximate surface area is 154 Å². The number of carbonyl (C=O) groups excluding carboxylic acids is 1. The number of nitrogens with one attached hydrogen (secondary N) is 1. The molecule has 1 unspecified atom stereocenters. The number of hydrogen-bond acceptors (Lipinski definition) is 3. The second-order valence-electron chi connectivity index (χ2n) is 7.91. The van der Waals surface area contributed by atoms with Crippen LogP contribution in [0.3, 0.4) is 0 Å². The first-order valence-electron chi connectivity index (χ1n) is 8.66. The molecule has 0 aromatic rings. The number of halogens is 2. The van der Waals surface area contributed by atoms with Gasteiger partial charge in [0, 0.05) is 18.6 Å². The van der Waals surface area contributed by atoms with Gasteiger partial charge < -0.3 is 11.1 Å². The van der Waals surface area contributed by atoms with Gasteiger partial charge in [0.1, 0.15) is 0 Å². The van der Waals surface area contributed by atoms with Crippen LogP contribution in [0.5, 0.6) is 0 Å². The van der Waals surface area contributed by atoms with Crippen LogP contribution in [-0.2, 0) is 4.79 Å². The highest BCUT2D eigenvalue weighted by atomic mass is 35.5. The minimum absolute atomic E-state index is 0. The summed E-state index contributed by atoms with van der Waals surface area (Å²) in [6.07, 6.45) is 7.63. The largest absolute Gasteiger partial charge is 0.353 e. The SMILES string of the molecule is CC1CCCN(C(C)(C)CNC(=O)C2(N)CCCCC2)C1.Cl.Cl. The van der Waals surface area contributed by atoms with E-state index in [-0.39, 0.29) is 36.3 Å². The van der Waals surface area contributed by atoms with E-state index in [4.69, 9.17) is 5.73 Å². The maximum atomic E-state index is 12.5. The topological polar surface area (TPSA) is 58.4 Å². The third kappa shape index (κ3) is 6.08. The molecule has 3 N–H and O–H groups in total. The molecule has 2 fully saturated rings. The van der Waals surface area contributed by atoms with E-state index in [2.05, 4.69) is 31.0 Å². The van der Waals surface area contributed by atoms with Crippen molar-refractivity contribution in [2.75, 3.05) is 19.6 Å². The average molecular weight is 368 g/mol. The molecule has 1 aliphatic carbocycles. The van der Waals surface area contributed by atoms with Crippen LogP contribution in [0.4, 0.5) is 0 Å². The Bertz CT molecular complexity index is 371. The minimum Gasteiger partial charge on any atom is -0.353 e. The molecule has 6 heteroatoms. The van der Waals surface area contributed by atoms with Crippen LogP contribution < -0.4 is 11.1 Å². The minimum atomic E-state index is -0.622. The molecular weight excluding hydrogens is 333 g/mol. The number of likely N-dealkylation sites (tertiary alicyclic amines) is 1. The Morgan fingerprint density at radius 1 is 1.22 bits per heavy atom. The van der Waals surface area contributed by atoms with Crippen molar-refractivity contribution in [1.82, 2.24) is 10.2 Å². The molecule has 0 aromatic heterocycles. The Hall–Kier alpha value is -0.0300. The van der Waals surface area contributed by atoms with E-state index >= 15 is 0 Å². The molecule has 0 bridgehead atoms. The number of amides is 1. The molecule has 1 aliphatic heterocycles.